The molecule has 0 aliphatic carbocycles. The zero-order chi connectivity index (χ0) is 27.2. The van der Waals surface area contributed by atoms with Gasteiger partial charge in [0.05, 0.1) is 6.04 Å². The molecule has 0 fully saturated rings. The summed E-state index contributed by atoms with van der Waals surface area (Å²) in [6.45, 7) is 6.08. The minimum absolute atomic E-state index is 0.0817. The maximum atomic E-state index is 13.7. The maximum absolute atomic E-state index is 13.7. The van der Waals surface area contributed by atoms with Gasteiger partial charge in [-0.3, -0.25) is 9.59 Å². The first-order valence-corrected chi connectivity index (χ1v) is 13.0. The van der Waals surface area contributed by atoms with E-state index in [-0.39, 0.29) is 42.0 Å². The first-order chi connectivity index (χ1) is 18.2. The predicted molar refractivity (Wildman–Crippen MR) is 143 cm³/mol. The average molecular weight is 522 g/mol. The van der Waals surface area contributed by atoms with Crippen LogP contribution in [0.4, 0.5) is 4.39 Å². The fourth-order valence-corrected chi connectivity index (χ4v) is 4.63. The van der Waals surface area contributed by atoms with Crippen molar-refractivity contribution in [2.75, 3.05) is 33.7 Å². The van der Waals surface area contributed by atoms with Crippen LogP contribution in [0.3, 0.4) is 0 Å². The Hall–Kier alpha value is -3.65. The minimum Gasteiger partial charge on any atom is -0.486 e. The van der Waals surface area contributed by atoms with Gasteiger partial charge in [-0.05, 0) is 79.5 Å². The molecule has 38 heavy (non-hydrogen) atoms. The van der Waals surface area contributed by atoms with Gasteiger partial charge in [0.1, 0.15) is 23.9 Å². The number of hydrogen-bond donors (Lipinski definition) is 1. The molecule has 1 aromatic heterocycles. The number of benzene rings is 2. The molecule has 7 nitrogen and oxygen atoms in total. The fourth-order valence-electron chi connectivity index (χ4n) is 4.63. The van der Waals surface area contributed by atoms with Crippen LogP contribution in [0, 0.1) is 11.7 Å². The topological polar surface area (TPSA) is 75.0 Å². The van der Waals surface area contributed by atoms with Gasteiger partial charge < -0.3 is 24.3 Å². The highest BCUT2D eigenvalue weighted by Gasteiger charge is 2.32. The van der Waals surface area contributed by atoms with Gasteiger partial charge in [-0.2, -0.15) is 0 Å². The first-order valence-electron chi connectivity index (χ1n) is 13.0. The van der Waals surface area contributed by atoms with Crippen LogP contribution in [0.2, 0.25) is 0 Å². The lowest BCUT2D eigenvalue weighted by Gasteiger charge is -2.38. The maximum Gasteiger partial charge on any atom is 0.287 e. The number of halogens is 1. The number of hydrogen-bond acceptors (Lipinski definition) is 5. The summed E-state index contributed by atoms with van der Waals surface area (Å²) in [5.74, 6) is 1.14. The molecule has 3 aromatic rings. The lowest BCUT2D eigenvalue weighted by Crippen LogP contribution is -2.41. The molecule has 0 unspecified atom stereocenters. The third-order valence-corrected chi connectivity index (χ3v) is 6.55. The van der Waals surface area contributed by atoms with Crippen molar-refractivity contribution in [1.82, 2.24) is 15.1 Å². The minimum atomic E-state index is -0.324. The van der Waals surface area contributed by atoms with E-state index in [2.05, 4.69) is 5.32 Å². The lowest BCUT2D eigenvalue weighted by molar-refractivity contribution is -0.134. The van der Waals surface area contributed by atoms with E-state index in [0.717, 1.165) is 29.7 Å². The molecule has 0 saturated heterocycles. The molecule has 0 radical (unpaired) electrons. The Labute approximate surface area is 223 Å². The van der Waals surface area contributed by atoms with E-state index in [4.69, 9.17) is 9.15 Å². The summed E-state index contributed by atoms with van der Waals surface area (Å²) >= 11 is 0. The number of ether oxygens (including phenoxy) is 1. The monoisotopic (exact) mass is 521 g/mol. The van der Waals surface area contributed by atoms with Gasteiger partial charge in [0.25, 0.3) is 5.91 Å². The summed E-state index contributed by atoms with van der Waals surface area (Å²) in [6, 6.07) is 15.3. The quantitative estimate of drug-likeness (QED) is 0.415. The molecule has 2 amide bonds. The fraction of sp³-hybridized carbons (Fsp3) is 0.400. The Bertz CT molecular complexity index is 1250. The van der Waals surface area contributed by atoms with Gasteiger partial charge in [-0.1, -0.05) is 32.0 Å². The summed E-state index contributed by atoms with van der Waals surface area (Å²) in [6.07, 6.45) is 1.19. The average Bonchev–Trinajstić information content (AvgIpc) is 3.36. The number of furan rings is 1. The smallest absolute Gasteiger partial charge is 0.287 e. The lowest BCUT2D eigenvalue weighted by atomic mass is 9.87. The highest BCUT2D eigenvalue weighted by atomic mass is 19.1. The van der Waals surface area contributed by atoms with Crippen molar-refractivity contribution < 1.29 is 23.1 Å². The Morgan fingerprint density at radius 3 is 2.61 bits per heavy atom. The Morgan fingerprint density at radius 1 is 1.13 bits per heavy atom. The second-order valence-corrected chi connectivity index (χ2v) is 10.4. The van der Waals surface area contributed by atoms with Gasteiger partial charge in [0.2, 0.25) is 5.91 Å². The number of carbonyl (C=O) groups excluding carboxylic acids is 2. The van der Waals surface area contributed by atoms with E-state index >= 15 is 0 Å². The van der Waals surface area contributed by atoms with E-state index in [9.17, 15) is 14.0 Å². The van der Waals surface area contributed by atoms with E-state index in [1.807, 2.05) is 55.9 Å². The van der Waals surface area contributed by atoms with Crippen molar-refractivity contribution in [3.05, 3.63) is 88.6 Å². The van der Waals surface area contributed by atoms with Crippen LogP contribution < -0.4 is 10.1 Å². The van der Waals surface area contributed by atoms with Crippen LogP contribution in [0.1, 0.15) is 59.3 Å². The summed E-state index contributed by atoms with van der Waals surface area (Å²) in [7, 11) is 3.89. The van der Waals surface area contributed by atoms with E-state index in [0.29, 0.717) is 31.0 Å². The van der Waals surface area contributed by atoms with Gasteiger partial charge in [-0.25, -0.2) is 4.39 Å². The molecule has 1 atom stereocenters. The first kappa shape index (κ1) is 27.4. The van der Waals surface area contributed by atoms with Crippen molar-refractivity contribution in [2.45, 2.75) is 39.3 Å². The molecule has 1 N–H and O–H groups in total. The third kappa shape index (κ3) is 6.81. The van der Waals surface area contributed by atoms with Gasteiger partial charge >= 0.3 is 0 Å². The van der Waals surface area contributed by atoms with Crippen LogP contribution in [-0.4, -0.2) is 55.3 Å². The molecule has 8 heteroatoms. The largest absolute Gasteiger partial charge is 0.486 e. The van der Waals surface area contributed by atoms with Crippen molar-refractivity contribution in [3.63, 3.8) is 0 Å². The molecule has 4 rings (SSSR count). The molecule has 2 heterocycles. The standard InChI is InChI=1S/C30H36FN3O4/c1-20(2)17-28(35)34-15-13-21-7-10-24(18-26(21)29(34)22-5-8-23(31)9-6-22)37-19-25-11-12-27(38-25)30(36)32-14-16-33(3)4/h5-12,18,20,29H,13-17,19H2,1-4H3,(H,32,36)/t29-/m0/s1. The van der Waals surface area contributed by atoms with Crippen LogP contribution in [0.15, 0.2) is 59.0 Å². The highest BCUT2D eigenvalue weighted by Crippen LogP contribution is 2.38. The van der Waals surface area contributed by atoms with Crippen molar-refractivity contribution in [3.8, 4) is 5.75 Å². The molecule has 1 aliphatic heterocycles. The van der Waals surface area contributed by atoms with E-state index < -0.39 is 0 Å². The van der Waals surface area contributed by atoms with E-state index in [1.54, 1.807) is 24.3 Å². The van der Waals surface area contributed by atoms with Crippen LogP contribution in [-0.2, 0) is 17.8 Å². The molecular formula is C30H36FN3O4. The Kier molecular flexibility index (Phi) is 8.84. The number of nitrogens with zero attached hydrogens (tertiary/aromatic N) is 2. The van der Waals surface area contributed by atoms with Gasteiger partial charge in [-0.15, -0.1) is 0 Å². The second kappa shape index (κ2) is 12.3. The Morgan fingerprint density at radius 2 is 1.89 bits per heavy atom. The summed E-state index contributed by atoms with van der Waals surface area (Å²) in [4.78, 5) is 29.4. The number of fused-ring (bicyclic) bond motifs is 1. The molecule has 0 spiro atoms. The summed E-state index contributed by atoms with van der Waals surface area (Å²) < 4.78 is 25.4. The zero-order valence-electron chi connectivity index (χ0n) is 22.5. The predicted octanol–water partition coefficient (Wildman–Crippen LogP) is 4.81. The van der Waals surface area contributed by atoms with Crippen molar-refractivity contribution >= 4 is 11.8 Å². The van der Waals surface area contributed by atoms with Gasteiger partial charge in [0.15, 0.2) is 5.76 Å². The number of carbonyl (C=O) groups is 2. The molecule has 202 valence electrons. The third-order valence-electron chi connectivity index (χ3n) is 6.55. The number of nitrogens with one attached hydrogen (secondary N) is 1. The van der Waals surface area contributed by atoms with Crippen molar-refractivity contribution in [2.24, 2.45) is 5.92 Å². The summed E-state index contributed by atoms with van der Waals surface area (Å²) in [5.41, 5.74) is 2.96. The highest BCUT2D eigenvalue weighted by molar-refractivity contribution is 5.91. The zero-order valence-corrected chi connectivity index (χ0v) is 22.5. The molecular weight excluding hydrogens is 485 g/mol. The number of likely N-dealkylation sites (N-methyl/N-ethyl adjacent to an activating group) is 1. The van der Waals surface area contributed by atoms with Gasteiger partial charge in [0, 0.05) is 26.1 Å². The molecule has 0 saturated carbocycles. The Balaban J connectivity index is 1.51. The van der Waals surface area contributed by atoms with Crippen molar-refractivity contribution in [1.29, 1.82) is 0 Å². The SMILES string of the molecule is CC(C)CC(=O)N1CCc2ccc(OCc3ccc(C(=O)NCCN(C)C)o3)cc2[C@@H]1c1ccc(F)cc1. The number of amides is 2. The normalized spacial score (nSPS) is 15.0. The molecule has 1 aliphatic rings. The van der Waals surface area contributed by atoms with Crippen LogP contribution in [0.5, 0.6) is 5.75 Å². The second-order valence-electron chi connectivity index (χ2n) is 10.4. The molecule has 0 bridgehead atoms. The van der Waals surface area contributed by atoms with E-state index in [1.165, 1.54) is 12.1 Å². The number of rotatable bonds is 10. The van der Waals surface area contributed by atoms with Crippen LogP contribution in [0.25, 0.3) is 0 Å². The summed E-state index contributed by atoms with van der Waals surface area (Å²) in [5, 5.41) is 2.83. The molecule has 2 aromatic carbocycles. The van der Waals surface area contributed by atoms with Crippen LogP contribution >= 0.6 is 0 Å².